The van der Waals surface area contributed by atoms with E-state index in [4.69, 9.17) is 0 Å². The molecule has 0 bridgehead atoms. The van der Waals surface area contributed by atoms with Gasteiger partial charge in [-0.3, -0.25) is 34.2 Å². The molecule has 0 saturated carbocycles. The number of para-hydroxylation sites is 1. The average Bonchev–Trinajstić information content (AvgIpc) is 3.13. The van der Waals surface area contributed by atoms with Crippen LogP contribution in [0.2, 0.25) is 0 Å². The number of carbonyl (C=O) groups is 5. The highest BCUT2D eigenvalue weighted by molar-refractivity contribution is 6.23. The number of likely N-dealkylation sites (tertiary alicyclic amines) is 1. The molecule has 3 N–H and O–H groups in total. The molecule has 2 fully saturated rings. The topological polar surface area (TPSA) is 128 Å². The van der Waals surface area contributed by atoms with E-state index in [0.717, 1.165) is 42.9 Å². The normalized spacial score (nSPS) is 19.2. The first-order valence-electron chi connectivity index (χ1n) is 13.1. The molecule has 10 nitrogen and oxygen atoms in total. The maximum atomic E-state index is 12.9. The predicted molar refractivity (Wildman–Crippen MR) is 141 cm³/mol. The van der Waals surface area contributed by atoms with Crippen molar-refractivity contribution in [3.63, 3.8) is 0 Å². The standard InChI is InChI=1S/C28H31N5O5/c34-24-13-12-23(26(36)31-24)33-27(37)21-11-10-19(15-22(21)28(33)38)29-14-6-2-5-9-25(35)32-16-20(17-32)30-18-7-3-1-4-8-18/h1,3-4,7-8,10-11,15,20,23,29-30H,2,5-6,9,12-14,16-17H2,(H,31,34,36). The SMILES string of the molecule is O=C1CCC(N2C(=O)c3ccc(NCCCCCC(=O)N4CC(Nc5ccccc5)C4)cc3C2=O)C(=O)N1. The minimum atomic E-state index is -0.971. The Balaban J connectivity index is 1.01. The summed E-state index contributed by atoms with van der Waals surface area (Å²) in [6, 6.07) is 14.3. The summed E-state index contributed by atoms with van der Waals surface area (Å²) in [5.41, 5.74) is 2.30. The quantitative estimate of drug-likeness (QED) is 0.326. The zero-order valence-corrected chi connectivity index (χ0v) is 21.1. The van der Waals surface area contributed by atoms with Crippen LogP contribution in [0, 0.1) is 0 Å². The Kier molecular flexibility index (Phi) is 7.39. The third-order valence-electron chi connectivity index (χ3n) is 7.22. The molecule has 198 valence electrons. The monoisotopic (exact) mass is 517 g/mol. The van der Waals surface area contributed by atoms with Crippen molar-refractivity contribution in [2.45, 2.75) is 50.6 Å². The van der Waals surface area contributed by atoms with Gasteiger partial charge in [0, 0.05) is 43.9 Å². The summed E-state index contributed by atoms with van der Waals surface area (Å²) in [5, 5.41) is 8.90. The number of piperidine rings is 1. The van der Waals surface area contributed by atoms with E-state index in [9.17, 15) is 24.0 Å². The fraction of sp³-hybridized carbons (Fsp3) is 0.393. The molecule has 5 rings (SSSR count). The third kappa shape index (κ3) is 5.39. The summed E-state index contributed by atoms with van der Waals surface area (Å²) in [7, 11) is 0. The summed E-state index contributed by atoms with van der Waals surface area (Å²) in [6.07, 6.45) is 3.32. The number of carbonyl (C=O) groups excluding carboxylic acids is 5. The number of amides is 5. The van der Waals surface area contributed by atoms with E-state index in [1.807, 2.05) is 35.2 Å². The van der Waals surface area contributed by atoms with Gasteiger partial charge in [0.2, 0.25) is 17.7 Å². The maximum Gasteiger partial charge on any atom is 0.262 e. The zero-order valence-electron chi connectivity index (χ0n) is 21.1. The van der Waals surface area contributed by atoms with E-state index < -0.39 is 29.7 Å². The summed E-state index contributed by atoms with van der Waals surface area (Å²) >= 11 is 0. The number of anilines is 2. The van der Waals surface area contributed by atoms with Crippen LogP contribution in [-0.4, -0.2) is 71.1 Å². The van der Waals surface area contributed by atoms with Crippen LogP contribution >= 0.6 is 0 Å². The molecule has 38 heavy (non-hydrogen) atoms. The Morgan fingerprint density at radius 1 is 0.895 bits per heavy atom. The fourth-order valence-corrected chi connectivity index (χ4v) is 5.09. The molecule has 1 atom stereocenters. The van der Waals surface area contributed by atoms with Crippen molar-refractivity contribution in [3.8, 4) is 0 Å². The Morgan fingerprint density at radius 3 is 2.42 bits per heavy atom. The number of nitrogens with one attached hydrogen (secondary N) is 3. The second kappa shape index (κ2) is 11.0. The molecule has 0 aromatic heterocycles. The number of imide groups is 2. The molecule has 1 unspecified atom stereocenters. The van der Waals surface area contributed by atoms with E-state index in [-0.39, 0.29) is 29.9 Å². The molecule has 3 heterocycles. The van der Waals surface area contributed by atoms with Gasteiger partial charge in [0.1, 0.15) is 6.04 Å². The summed E-state index contributed by atoms with van der Waals surface area (Å²) in [5.74, 6) is -1.87. The predicted octanol–water partition coefficient (Wildman–Crippen LogP) is 2.38. The van der Waals surface area contributed by atoms with E-state index in [0.29, 0.717) is 24.7 Å². The van der Waals surface area contributed by atoms with Gasteiger partial charge in [0.25, 0.3) is 11.8 Å². The first-order valence-corrected chi connectivity index (χ1v) is 13.1. The molecular weight excluding hydrogens is 486 g/mol. The van der Waals surface area contributed by atoms with Gasteiger partial charge in [-0.1, -0.05) is 24.6 Å². The number of fused-ring (bicyclic) bond motifs is 1. The van der Waals surface area contributed by atoms with Gasteiger partial charge in [0.05, 0.1) is 17.2 Å². The average molecular weight is 518 g/mol. The number of unbranched alkanes of at least 4 members (excludes halogenated alkanes) is 2. The zero-order chi connectivity index (χ0) is 26.6. The van der Waals surface area contributed by atoms with E-state index in [1.54, 1.807) is 18.2 Å². The van der Waals surface area contributed by atoms with Gasteiger partial charge in [-0.2, -0.15) is 0 Å². The van der Waals surface area contributed by atoms with Crippen LogP contribution in [0.5, 0.6) is 0 Å². The molecule has 2 aromatic rings. The maximum absolute atomic E-state index is 12.9. The number of hydrogen-bond acceptors (Lipinski definition) is 7. The van der Waals surface area contributed by atoms with E-state index >= 15 is 0 Å². The Bertz CT molecular complexity index is 1260. The lowest BCUT2D eigenvalue weighted by Gasteiger charge is -2.40. The molecule has 3 aliphatic heterocycles. The lowest BCUT2D eigenvalue weighted by atomic mass is 10.0. The lowest BCUT2D eigenvalue weighted by molar-refractivity contribution is -0.136. The third-order valence-corrected chi connectivity index (χ3v) is 7.22. The van der Waals surface area contributed by atoms with Gasteiger partial charge >= 0.3 is 0 Å². The largest absolute Gasteiger partial charge is 0.385 e. The second-order valence-electron chi connectivity index (χ2n) is 9.95. The second-order valence-corrected chi connectivity index (χ2v) is 9.95. The van der Waals surface area contributed by atoms with Crippen LogP contribution in [0.3, 0.4) is 0 Å². The van der Waals surface area contributed by atoms with Gasteiger partial charge in [-0.25, -0.2) is 0 Å². The van der Waals surface area contributed by atoms with Crippen molar-refractivity contribution in [2.24, 2.45) is 0 Å². The Hall–Kier alpha value is -4.21. The smallest absolute Gasteiger partial charge is 0.262 e. The van der Waals surface area contributed by atoms with E-state index in [1.165, 1.54) is 0 Å². The number of nitrogens with zero attached hydrogens (tertiary/aromatic N) is 2. The van der Waals surface area contributed by atoms with Crippen molar-refractivity contribution in [1.82, 2.24) is 15.1 Å². The molecule has 5 amide bonds. The Morgan fingerprint density at radius 2 is 1.66 bits per heavy atom. The van der Waals surface area contributed by atoms with Crippen molar-refractivity contribution in [1.29, 1.82) is 0 Å². The van der Waals surface area contributed by atoms with Crippen LogP contribution in [0.4, 0.5) is 11.4 Å². The molecule has 0 spiro atoms. The number of benzene rings is 2. The highest BCUT2D eigenvalue weighted by Gasteiger charge is 2.44. The molecule has 3 aliphatic rings. The Labute approximate surface area is 220 Å². The van der Waals surface area contributed by atoms with Crippen LogP contribution in [0.1, 0.15) is 59.2 Å². The highest BCUT2D eigenvalue weighted by atomic mass is 16.2. The number of hydrogen-bond donors (Lipinski definition) is 3. The summed E-state index contributed by atoms with van der Waals surface area (Å²) in [4.78, 5) is 64.6. The van der Waals surface area contributed by atoms with Gasteiger partial charge in [0.15, 0.2) is 0 Å². The van der Waals surface area contributed by atoms with Crippen LogP contribution < -0.4 is 16.0 Å². The molecule has 2 aromatic carbocycles. The van der Waals surface area contributed by atoms with Crippen LogP contribution in [0.25, 0.3) is 0 Å². The molecule has 0 radical (unpaired) electrons. The van der Waals surface area contributed by atoms with Crippen molar-refractivity contribution in [2.75, 3.05) is 30.3 Å². The first kappa shape index (κ1) is 25.4. The fourth-order valence-electron chi connectivity index (χ4n) is 5.09. The first-order chi connectivity index (χ1) is 18.4. The molecule has 0 aliphatic carbocycles. The minimum absolute atomic E-state index is 0.0895. The van der Waals surface area contributed by atoms with Gasteiger partial charge in [-0.15, -0.1) is 0 Å². The van der Waals surface area contributed by atoms with Crippen molar-refractivity contribution >= 4 is 40.9 Å². The van der Waals surface area contributed by atoms with Crippen LogP contribution in [-0.2, 0) is 14.4 Å². The van der Waals surface area contributed by atoms with Gasteiger partial charge < -0.3 is 15.5 Å². The molecule has 10 heteroatoms. The summed E-state index contributed by atoms with van der Waals surface area (Å²) < 4.78 is 0. The highest BCUT2D eigenvalue weighted by Crippen LogP contribution is 2.29. The lowest BCUT2D eigenvalue weighted by Crippen LogP contribution is -2.56. The van der Waals surface area contributed by atoms with Crippen molar-refractivity contribution in [3.05, 3.63) is 59.7 Å². The number of rotatable bonds is 10. The minimum Gasteiger partial charge on any atom is -0.385 e. The summed E-state index contributed by atoms with van der Waals surface area (Å²) in [6.45, 7) is 2.13. The van der Waals surface area contributed by atoms with Crippen LogP contribution in [0.15, 0.2) is 48.5 Å². The molecule has 2 saturated heterocycles. The molecular formula is C28H31N5O5. The van der Waals surface area contributed by atoms with Gasteiger partial charge in [-0.05, 0) is 49.6 Å². The van der Waals surface area contributed by atoms with Crippen molar-refractivity contribution < 1.29 is 24.0 Å². The van der Waals surface area contributed by atoms with E-state index in [2.05, 4.69) is 16.0 Å².